The summed E-state index contributed by atoms with van der Waals surface area (Å²) in [5, 5.41) is 6.57. The molecule has 1 amide bonds. The number of carbonyl (C=O) groups is 1. The second kappa shape index (κ2) is 8.58. The van der Waals surface area contributed by atoms with E-state index >= 15 is 0 Å². The number of anilines is 1. The van der Waals surface area contributed by atoms with Gasteiger partial charge in [0.2, 0.25) is 5.91 Å². The van der Waals surface area contributed by atoms with Crippen LogP contribution in [0, 0.1) is 0 Å². The van der Waals surface area contributed by atoms with E-state index in [1.165, 1.54) is 10.6 Å². The molecular formula is C16H17Cl2N3O2S. The van der Waals surface area contributed by atoms with Crippen LogP contribution in [-0.4, -0.2) is 28.1 Å². The average Bonchev–Trinajstić information content (AvgIpc) is 3.07. The smallest absolute Gasteiger partial charge is 0.250 e. The van der Waals surface area contributed by atoms with Crippen LogP contribution in [0.3, 0.4) is 0 Å². The van der Waals surface area contributed by atoms with Gasteiger partial charge >= 0.3 is 0 Å². The summed E-state index contributed by atoms with van der Waals surface area (Å²) in [6.07, 6.45) is 1.64. The zero-order valence-corrected chi connectivity index (χ0v) is 15.1. The highest BCUT2D eigenvalue weighted by atomic mass is 35.5. The molecule has 0 bridgehead atoms. The van der Waals surface area contributed by atoms with Gasteiger partial charge in [-0.2, -0.15) is 0 Å². The number of nitrogens with one attached hydrogen (secondary N) is 2. The Balaban J connectivity index is 0.00000208. The number of rotatable bonds is 4. The van der Waals surface area contributed by atoms with Crippen molar-refractivity contribution < 1.29 is 4.79 Å². The third kappa shape index (κ3) is 4.54. The van der Waals surface area contributed by atoms with Crippen LogP contribution in [0.2, 0.25) is 5.02 Å². The van der Waals surface area contributed by atoms with Crippen molar-refractivity contribution in [1.29, 1.82) is 0 Å². The summed E-state index contributed by atoms with van der Waals surface area (Å²) in [5.74, 6) is 1.45. The minimum Gasteiger partial charge on any atom is -0.323 e. The van der Waals surface area contributed by atoms with E-state index in [0.717, 1.165) is 17.2 Å². The van der Waals surface area contributed by atoms with E-state index in [1.807, 2.05) is 18.2 Å². The Bertz CT molecular complexity index is 776. The molecule has 1 aromatic heterocycles. The van der Waals surface area contributed by atoms with Crippen LogP contribution in [0.15, 0.2) is 47.4 Å². The summed E-state index contributed by atoms with van der Waals surface area (Å²) < 4.78 is 1.54. The number of amides is 1. The quantitative estimate of drug-likeness (QED) is 0.848. The van der Waals surface area contributed by atoms with E-state index in [4.69, 9.17) is 11.6 Å². The predicted molar refractivity (Wildman–Crippen MR) is 101 cm³/mol. The van der Waals surface area contributed by atoms with Crippen molar-refractivity contribution in [2.24, 2.45) is 0 Å². The lowest BCUT2D eigenvalue weighted by Crippen LogP contribution is -2.37. The van der Waals surface area contributed by atoms with E-state index in [0.29, 0.717) is 17.3 Å². The summed E-state index contributed by atoms with van der Waals surface area (Å²) in [5.41, 5.74) is 1.31. The lowest BCUT2D eigenvalue weighted by Gasteiger charge is -2.13. The standard InChI is InChI=1S/C16H16ClN3O2S.ClH/c17-13-4-2-1-3-11(13)7-20-8-12(5-6-15(20)21)19-16(22)14-9-23-10-18-14;/h1-6,8,14,18H,7,9-10H2,(H,19,22);1H. The molecule has 2 aromatic rings. The molecule has 1 aliphatic heterocycles. The van der Waals surface area contributed by atoms with Crippen LogP contribution < -0.4 is 16.2 Å². The number of hydrogen-bond donors (Lipinski definition) is 2. The second-order valence-electron chi connectivity index (χ2n) is 5.24. The van der Waals surface area contributed by atoms with Crippen molar-refractivity contribution in [2.75, 3.05) is 16.9 Å². The van der Waals surface area contributed by atoms with Crippen molar-refractivity contribution in [1.82, 2.24) is 9.88 Å². The Hall–Kier alpha value is -1.47. The van der Waals surface area contributed by atoms with Crippen LogP contribution in [-0.2, 0) is 11.3 Å². The summed E-state index contributed by atoms with van der Waals surface area (Å²) in [4.78, 5) is 24.1. The number of hydrogen-bond acceptors (Lipinski definition) is 4. The lowest BCUT2D eigenvalue weighted by molar-refractivity contribution is -0.117. The fraction of sp³-hybridized carbons (Fsp3) is 0.250. The summed E-state index contributed by atoms with van der Waals surface area (Å²) in [6.45, 7) is 0.361. The highest BCUT2D eigenvalue weighted by molar-refractivity contribution is 7.99. The van der Waals surface area contributed by atoms with Crippen molar-refractivity contribution in [3.05, 3.63) is 63.5 Å². The summed E-state index contributed by atoms with van der Waals surface area (Å²) in [6, 6.07) is 10.3. The number of pyridine rings is 1. The molecule has 1 aliphatic rings. The zero-order valence-electron chi connectivity index (χ0n) is 12.7. The zero-order chi connectivity index (χ0) is 16.2. The molecule has 24 heavy (non-hydrogen) atoms. The van der Waals surface area contributed by atoms with Crippen LogP contribution in [0.1, 0.15) is 5.56 Å². The molecule has 3 rings (SSSR count). The van der Waals surface area contributed by atoms with E-state index in [2.05, 4.69) is 10.6 Å². The highest BCUT2D eigenvalue weighted by Gasteiger charge is 2.22. The molecule has 5 nitrogen and oxygen atoms in total. The molecular weight excluding hydrogens is 369 g/mol. The molecule has 0 spiro atoms. The molecule has 8 heteroatoms. The average molecular weight is 386 g/mol. The van der Waals surface area contributed by atoms with Gasteiger partial charge in [-0.3, -0.25) is 14.9 Å². The van der Waals surface area contributed by atoms with Crippen LogP contribution in [0.4, 0.5) is 5.69 Å². The molecule has 0 radical (unpaired) electrons. The Kier molecular flexibility index (Phi) is 6.74. The largest absolute Gasteiger partial charge is 0.323 e. The van der Waals surface area contributed by atoms with E-state index in [-0.39, 0.29) is 29.9 Å². The second-order valence-corrected chi connectivity index (χ2v) is 6.67. The number of benzene rings is 1. The van der Waals surface area contributed by atoms with Crippen molar-refractivity contribution in [2.45, 2.75) is 12.6 Å². The minimum atomic E-state index is -0.191. The summed E-state index contributed by atoms with van der Waals surface area (Å²) in [7, 11) is 0. The number of carbonyl (C=O) groups excluding carboxylic acids is 1. The monoisotopic (exact) mass is 385 g/mol. The van der Waals surface area contributed by atoms with Gasteiger partial charge in [0.05, 0.1) is 18.3 Å². The first-order chi connectivity index (χ1) is 11.1. The maximum Gasteiger partial charge on any atom is 0.250 e. The topological polar surface area (TPSA) is 63.1 Å². The Morgan fingerprint density at radius 3 is 2.83 bits per heavy atom. The molecule has 1 fully saturated rings. The molecule has 2 heterocycles. The first-order valence-corrected chi connectivity index (χ1v) is 8.72. The lowest BCUT2D eigenvalue weighted by atomic mass is 10.2. The predicted octanol–water partition coefficient (Wildman–Crippen LogP) is 2.57. The number of thioether (sulfide) groups is 1. The van der Waals surface area contributed by atoms with Gasteiger partial charge in [-0.25, -0.2) is 0 Å². The molecule has 1 atom stereocenters. The number of aromatic nitrogens is 1. The van der Waals surface area contributed by atoms with Gasteiger partial charge in [-0.1, -0.05) is 29.8 Å². The Labute approximate surface area is 155 Å². The first-order valence-electron chi connectivity index (χ1n) is 7.19. The van der Waals surface area contributed by atoms with Gasteiger partial charge in [0.15, 0.2) is 0 Å². The van der Waals surface area contributed by atoms with Crippen molar-refractivity contribution in [3.8, 4) is 0 Å². The fourth-order valence-electron chi connectivity index (χ4n) is 2.33. The molecule has 2 N–H and O–H groups in total. The number of halogens is 2. The van der Waals surface area contributed by atoms with E-state index in [9.17, 15) is 9.59 Å². The van der Waals surface area contributed by atoms with Gasteiger partial charge in [-0.05, 0) is 17.7 Å². The SMILES string of the molecule is Cl.O=C(Nc1ccc(=O)n(Cc2ccccc2Cl)c1)C1CSCN1. The maximum absolute atomic E-state index is 12.1. The molecule has 1 unspecified atom stereocenters. The van der Waals surface area contributed by atoms with Crippen LogP contribution in [0.5, 0.6) is 0 Å². The third-order valence-corrected chi connectivity index (χ3v) is 4.89. The molecule has 1 saturated heterocycles. The van der Waals surface area contributed by atoms with Gasteiger partial charge < -0.3 is 9.88 Å². The third-order valence-electron chi connectivity index (χ3n) is 3.58. The van der Waals surface area contributed by atoms with E-state index < -0.39 is 0 Å². The molecule has 1 aromatic carbocycles. The van der Waals surface area contributed by atoms with Gasteiger partial charge in [0.25, 0.3) is 5.56 Å². The number of nitrogens with zero attached hydrogens (tertiary/aromatic N) is 1. The van der Waals surface area contributed by atoms with E-state index in [1.54, 1.807) is 30.1 Å². The fourth-order valence-corrected chi connectivity index (χ4v) is 3.47. The molecule has 128 valence electrons. The van der Waals surface area contributed by atoms with Crippen LogP contribution >= 0.6 is 35.8 Å². The first kappa shape index (κ1) is 18.9. The highest BCUT2D eigenvalue weighted by Crippen LogP contribution is 2.16. The van der Waals surface area contributed by atoms with Gasteiger partial charge in [0.1, 0.15) is 0 Å². The van der Waals surface area contributed by atoms with Crippen LogP contribution in [0.25, 0.3) is 0 Å². The summed E-state index contributed by atoms with van der Waals surface area (Å²) >= 11 is 7.83. The normalized spacial score (nSPS) is 16.5. The maximum atomic E-state index is 12.1. The Morgan fingerprint density at radius 2 is 2.12 bits per heavy atom. The molecule has 0 saturated carbocycles. The van der Waals surface area contributed by atoms with Crippen molar-refractivity contribution in [3.63, 3.8) is 0 Å². The molecule has 0 aliphatic carbocycles. The minimum absolute atomic E-state index is 0. The van der Waals surface area contributed by atoms with Crippen molar-refractivity contribution >= 4 is 47.4 Å². The van der Waals surface area contributed by atoms with Gasteiger partial charge in [-0.15, -0.1) is 24.2 Å². The Morgan fingerprint density at radius 1 is 1.33 bits per heavy atom. The van der Waals surface area contributed by atoms with Gasteiger partial charge in [0, 0.05) is 28.9 Å².